The van der Waals surface area contributed by atoms with Crippen molar-refractivity contribution < 1.29 is 28.6 Å². The van der Waals surface area contributed by atoms with Crippen LogP contribution in [0, 0.1) is 11.6 Å². The first-order chi connectivity index (χ1) is 39.8. The number of benzene rings is 6. The van der Waals surface area contributed by atoms with Gasteiger partial charge in [-0.25, -0.2) is 28.7 Å². The molecule has 2 aliphatic rings. The van der Waals surface area contributed by atoms with Gasteiger partial charge in [0, 0.05) is 55.0 Å². The van der Waals surface area contributed by atoms with E-state index in [9.17, 15) is 29.4 Å². The monoisotopic (exact) mass is 1140 g/mol. The number of amides is 2. The number of fused-ring (bicyclic) bond motifs is 2. The standard InChI is InChI=1S/C31H28FN5O3S.C30H27FN6O3S/c1-36-14-11-21(12-15-36)19-5-7-20(8-6-19)22-9-10-25-23(17-22)30(40)37(18-34-25)28(27-24(32)3-2-4-26(27)38)29(39)35-31-33-13-16-41-31;1-35-12-14-36(15-13-35)21-8-5-19(6-9-21)20-7-10-24-22(17-20)29(40)37(18-33-24)27(26-23(31)3-2-4-25(26)38)28(39)34-30-32-11-16-41-30/h2-10,13,16-18,21,28,38H,11-12,14-15H2,1H3,(H,33,35,39);2-11,16-18,27,38H,12-15H2,1H3,(H,32,34,39). The van der Waals surface area contributed by atoms with Crippen molar-refractivity contribution in [3.63, 3.8) is 0 Å². The van der Waals surface area contributed by atoms with Gasteiger partial charge in [0.25, 0.3) is 22.9 Å². The molecular formula is C61H55F2N11O6S2. The number of likely N-dealkylation sites (tertiary alicyclic amines) is 1. The van der Waals surface area contributed by atoms with E-state index in [2.05, 4.69) is 95.8 Å². The van der Waals surface area contributed by atoms with Crippen molar-refractivity contribution in [2.75, 3.05) is 68.9 Å². The molecule has 12 rings (SSSR count). The number of rotatable bonds is 12. The van der Waals surface area contributed by atoms with Crippen LogP contribution < -0.4 is 26.7 Å². The predicted octanol–water partition coefficient (Wildman–Crippen LogP) is 9.75. The molecule has 4 N–H and O–H groups in total. The fourth-order valence-electron chi connectivity index (χ4n) is 10.5. The fourth-order valence-corrected chi connectivity index (χ4v) is 11.6. The van der Waals surface area contributed by atoms with E-state index >= 15 is 8.78 Å². The number of thiazole rings is 2. The lowest BCUT2D eigenvalue weighted by Crippen LogP contribution is -2.44. The van der Waals surface area contributed by atoms with Crippen LogP contribution in [0.5, 0.6) is 11.5 Å². The Kier molecular flexibility index (Phi) is 16.1. The molecule has 82 heavy (non-hydrogen) atoms. The Morgan fingerprint density at radius 3 is 1.44 bits per heavy atom. The average molecular weight is 1140 g/mol. The molecule has 4 aromatic heterocycles. The van der Waals surface area contributed by atoms with Gasteiger partial charge in [-0.2, -0.15) is 0 Å². The largest absolute Gasteiger partial charge is 0.507 e. The van der Waals surface area contributed by atoms with Crippen LogP contribution in [0.3, 0.4) is 0 Å². The van der Waals surface area contributed by atoms with Crippen molar-refractivity contribution in [2.24, 2.45) is 0 Å². The molecule has 6 aromatic carbocycles. The van der Waals surface area contributed by atoms with Gasteiger partial charge in [-0.15, -0.1) is 22.7 Å². The topological polar surface area (TPSA) is 204 Å². The van der Waals surface area contributed by atoms with Crippen LogP contribution in [0.2, 0.25) is 0 Å². The smallest absolute Gasteiger partial charge is 0.262 e. The second-order valence-electron chi connectivity index (χ2n) is 20.2. The molecule has 0 radical (unpaired) electrons. The summed E-state index contributed by atoms with van der Waals surface area (Å²) in [6, 6.07) is 31.8. The number of piperazine rings is 1. The zero-order chi connectivity index (χ0) is 57.0. The molecule has 0 saturated carbocycles. The molecule has 416 valence electrons. The summed E-state index contributed by atoms with van der Waals surface area (Å²) in [7, 11) is 4.27. The van der Waals surface area contributed by atoms with Crippen LogP contribution in [0.25, 0.3) is 44.1 Å². The molecule has 21 heteroatoms. The lowest BCUT2D eigenvalue weighted by atomic mass is 9.88. The van der Waals surface area contributed by atoms with Gasteiger partial charge < -0.3 is 24.9 Å². The first kappa shape index (κ1) is 54.9. The Labute approximate surface area is 477 Å². The highest BCUT2D eigenvalue weighted by molar-refractivity contribution is 7.14. The molecule has 0 aliphatic carbocycles. The van der Waals surface area contributed by atoms with Crippen molar-refractivity contribution in [3.05, 3.63) is 206 Å². The van der Waals surface area contributed by atoms with Gasteiger partial charge in [-0.3, -0.25) is 38.9 Å². The Morgan fingerprint density at radius 1 is 0.561 bits per heavy atom. The third-order valence-corrected chi connectivity index (χ3v) is 16.4. The summed E-state index contributed by atoms with van der Waals surface area (Å²) in [6.45, 7) is 6.13. The number of likely N-dealkylation sites (N-methyl/N-ethyl adjacent to an activating group) is 1. The maximum Gasteiger partial charge on any atom is 0.262 e. The molecule has 2 atom stereocenters. The number of anilines is 3. The molecule has 6 heterocycles. The molecule has 2 fully saturated rings. The Balaban J connectivity index is 0.000000172. The highest BCUT2D eigenvalue weighted by Gasteiger charge is 2.33. The van der Waals surface area contributed by atoms with E-state index in [-0.39, 0.29) is 32.2 Å². The van der Waals surface area contributed by atoms with Gasteiger partial charge >= 0.3 is 0 Å². The number of piperidine rings is 1. The maximum atomic E-state index is 15.1. The minimum Gasteiger partial charge on any atom is -0.507 e. The highest BCUT2D eigenvalue weighted by atomic mass is 32.1. The van der Waals surface area contributed by atoms with Crippen LogP contribution in [-0.2, 0) is 9.59 Å². The Hall–Kier alpha value is -9.02. The summed E-state index contributed by atoms with van der Waals surface area (Å²) in [4.78, 5) is 78.6. The number of nitrogens with zero attached hydrogens (tertiary/aromatic N) is 9. The number of hydrogen-bond acceptors (Lipinski definition) is 15. The molecule has 0 spiro atoms. The van der Waals surface area contributed by atoms with E-state index in [0.29, 0.717) is 17.0 Å². The molecule has 10 aromatic rings. The number of phenols is 2. The fraction of sp³-hybridized carbons (Fsp3) is 0.213. The highest BCUT2D eigenvalue weighted by Crippen LogP contribution is 2.35. The van der Waals surface area contributed by atoms with E-state index in [1.54, 1.807) is 35.0 Å². The van der Waals surface area contributed by atoms with Crippen LogP contribution >= 0.6 is 22.7 Å². The first-order valence-electron chi connectivity index (χ1n) is 26.5. The van der Waals surface area contributed by atoms with Crippen LogP contribution in [0.15, 0.2) is 167 Å². The van der Waals surface area contributed by atoms with Crippen molar-refractivity contribution in [1.29, 1.82) is 0 Å². The van der Waals surface area contributed by atoms with Crippen LogP contribution in [0.4, 0.5) is 24.7 Å². The third kappa shape index (κ3) is 11.6. The second-order valence-corrected chi connectivity index (χ2v) is 22.0. The first-order valence-corrected chi connectivity index (χ1v) is 28.2. The van der Waals surface area contributed by atoms with Crippen molar-refractivity contribution in [2.45, 2.75) is 30.8 Å². The number of aromatic hydroxyl groups is 2. The number of hydrogen-bond donors (Lipinski definition) is 4. The SMILES string of the molecule is CN1CCC(c2ccc(-c3ccc4ncn(C(C(=O)Nc5nccs5)c5c(O)cccc5F)c(=O)c4c3)cc2)CC1.CN1CCN(c2ccc(-c3ccc4ncn(C(C(=O)Nc5nccs5)c5c(O)cccc5F)c(=O)c4c3)cc2)CC1. The zero-order valence-corrected chi connectivity index (χ0v) is 46.2. The normalized spacial score (nSPS) is 15.0. The lowest BCUT2D eigenvalue weighted by molar-refractivity contribution is -0.119. The quantitative estimate of drug-likeness (QED) is 0.0901. The van der Waals surface area contributed by atoms with Gasteiger partial charge in [-0.1, -0.05) is 60.7 Å². The van der Waals surface area contributed by atoms with Gasteiger partial charge in [0.1, 0.15) is 35.2 Å². The number of phenolic OH excluding ortho intramolecular Hbond substituents is 2. The van der Waals surface area contributed by atoms with Crippen molar-refractivity contribution in [1.82, 2.24) is 38.9 Å². The molecule has 2 amide bonds. The number of nitrogens with one attached hydrogen (secondary N) is 2. The number of carbonyl (C=O) groups is 2. The minimum absolute atomic E-state index is 0.260. The molecule has 0 bridgehead atoms. The van der Waals surface area contributed by atoms with Crippen molar-refractivity contribution >= 4 is 72.2 Å². The van der Waals surface area contributed by atoms with Gasteiger partial charge in [0.05, 0.1) is 45.6 Å². The van der Waals surface area contributed by atoms with Crippen molar-refractivity contribution in [3.8, 4) is 33.8 Å². The van der Waals surface area contributed by atoms with E-state index in [1.807, 2.05) is 24.3 Å². The summed E-state index contributed by atoms with van der Waals surface area (Å²) in [5.41, 5.74) is 5.07. The Morgan fingerprint density at radius 2 is 1.00 bits per heavy atom. The summed E-state index contributed by atoms with van der Waals surface area (Å²) in [6.07, 6.45) is 7.70. The minimum atomic E-state index is -1.53. The van der Waals surface area contributed by atoms with E-state index in [0.717, 1.165) is 101 Å². The van der Waals surface area contributed by atoms with E-state index in [4.69, 9.17) is 0 Å². The van der Waals surface area contributed by atoms with Crippen LogP contribution in [0.1, 0.15) is 47.5 Å². The lowest BCUT2D eigenvalue weighted by Gasteiger charge is -2.34. The number of halogens is 2. The Bertz CT molecular complexity index is 3750. The van der Waals surface area contributed by atoms with Gasteiger partial charge in [-0.05, 0) is 134 Å². The summed E-state index contributed by atoms with van der Waals surface area (Å²) in [5.74, 6) is -3.49. The molecule has 2 unspecified atom stereocenters. The number of aromatic nitrogens is 6. The molecule has 2 saturated heterocycles. The molecule has 2 aliphatic heterocycles. The average Bonchev–Trinajstić information content (AvgIpc) is 4.00. The van der Waals surface area contributed by atoms with E-state index < -0.39 is 58.2 Å². The van der Waals surface area contributed by atoms with Gasteiger partial charge in [0.15, 0.2) is 10.3 Å². The maximum absolute atomic E-state index is 15.1. The molecule has 17 nitrogen and oxygen atoms in total. The summed E-state index contributed by atoms with van der Waals surface area (Å²) < 4.78 is 32.2. The summed E-state index contributed by atoms with van der Waals surface area (Å²) >= 11 is 2.36. The van der Waals surface area contributed by atoms with E-state index in [1.165, 1.54) is 77.6 Å². The summed E-state index contributed by atoms with van der Waals surface area (Å²) in [5, 5.41) is 30.8. The zero-order valence-electron chi connectivity index (χ0n) is 44.5. The molecular weight excluding hydrogens is 1080 g/mol. The second kappa shape index (κ2) is 24.0. The predicted molar refractivity (Wildman–Crippen MR) is 316 cm³/mol. The van der Waals surface area contributed by atoms with Crippen LogP contribution in [-0.4, -0.2) is 114 Å². The number of carbonyl (C=O) groups excluding carboxylic acids is 2. The van der Waals surface area contributed by atoms with Gasteiger partial charge in [0.2, 0.25) is 0 Å². The third-order valence-electron chi connectivity index (χ3n) is 15.1.